The number of nitro groups is 1. The van der Waals surface area contributed by atoms with Crippen LogP contribution in [-0.2, 0) is 56.0 Å². The first-order valence-corrected chi connectivity index (χ1v) is 21.4. The molecular formula is C49H25BF24N2O3. The SMILES string of the molecule is FC(F)(F)c1cc([B-](c2cc(C(F)(F)F)cc(C(F)(F)F)c2)(c2cc(C(F)(F)F)cc(C(F)(F)F)c2)c2cc(C(F)(F)F)cc(C(F)(F)F)c2)cc(C(F)(F)F)c1.O=C(C[n+]1ccc([N+](=O)[O-])c2ccccc21)c1ccccc1. The zero-order valence-corrected chi connectivity index (χ0v) is 38.3. The second-order valence-electron chi connectivity index (χ2n) is 17.1. The van der Waals surface area contributed by atoms with E-state index in [9.17, 15) is 120 Å². The van der Waals surface area contributed by atoms with E-state index < -0.39 is 200 Å². The maximum atomic E-state index is 14.2. The molecule has 0 saturated heterocycles. The van der Waals surface area contributed by atoms with E-state index in [1.54, 1.807) is 47.2 Å². The number of hydrogen-bond donors (Lipinski definition) is 0. The van der Waals surface area contributed by atoms with Crippen molar-refractivity contribution in [1.82, 2.24) is 0 Å². The fourth-order valence-electron chi connectivity index (χ4n) is 8.51. The van der Waals surface area contributed by atoms with E-state index in [1.165, 1.54) is 6.07 Å². The summed E-state index contributed by atoms with van der Waals surface area (Å²) in [4.78, 5) is 23.0. The Balaban J connectivity index is 0.000000378. The van der Waals surface area contributed by atoms with Gasteiger partial charge in [-0.1, -0.05) is 91.0 Å². The largest absolute Gasteiger partial charge is 0.416 e. The molecule has 30 heteroatoms. The van der Waals surface area contributed by atoms with E-state index >= 15 is 0 Å². The molecule has 0 saturated carbocycles. The molecule has 0 unspecified atom stereocenters. The number of benzene rings is 6. The lowest BCUT2D eigenvalue weighted by Crippen LogP contribution is -2.75. The molecule has 0 radical (unpaired) electrons. The zero-order valence-electron chi connectivity index (χ0n) is 38.3. The molecule has 0 aliphatic heterocycles. The monoisotopic (exact) mass is 1160 g/mol. The van der Waals surface area contributed by atoms with E-state index in [-0.39, 0.29) is 18.0 Å². The van der Waals surface area contributed by atoms with Gasteiger partial charge in [-0.2, -0.15) is 132 Å². The summed E-state index contributed by atoms with van der Waals surface area (Å²) < 4.78 is 343. The lowest BCUT2D eigenvalue weighted by Gasteiger charge is -2.46. The lowest BCUT2D eigenvalue weighted by atomic mass is 9.12. The Labute approximate surface area is 425 Å². The fourth-order valence-corrected chi connectivity index (χ4v) is 8.51. The Hall–Kier alpha value is -7.82. The first-order chi connectivity index (χ1) is 35.9. The molecule has 1 aromatic heterocycles. The van der Waals surface area contributed by atoms with Crippen LogP contribution >= 0.6 is 0 Å². The van der Waals surface area contributed by atoms with Gasteiger partial charge in [0.05, 0.1) is 55.5 Å². The van der Waals surface area contributed by atoms with Crippen molar-refractivity contribution in [3.63, 3.8) is 0 Å². The molecule has 7 rings (SSSR count). The van der Waals surface area contributed by atoms with Gasteiger partial charge in [0.25, 0.3) is 5.69 Å². The maximum Gasteiger partial charge on any atom is 0.416 e. The van der Waals surface area contributed by atoms with Crippen molar-refractivity contribution in [2.45, 2.75) is 56.0 Å². The van der Waals surface area contributed by atoms with Crippen molar-refractivity contribution >= 4 is 50.4 Å². The van der Waals surface area contributed by atoms with Gasteiger partial charge >= 0.3 is 49.4 Å². The van der Waals surface area contributed by atoms with Gasteiger partial charge in [-0.25, -0.2) is 0 Å². The van der Waals surface area contributed by atoms with Crippen LogP contribution in [0.25, 0.3) is 10.9 Å². The summed E-state index contributed by atoms with van der Waals surface area (Å²) in [5, 5.41) is 11.6. The smallest absolute Gasteiger partial charge is 0.287 e. The van der Waals surface area contributed by atoms with E-state index in [1.807, 2.05) is 18.2 Å². The Morgan fingerprint density at radius 2 is 0.658 bits per heavy atom. The Kier molecular flexibility index (Phi) is 15.9. The summed E-state index contributed by atoms with van der Waals surface area (Å²) in [5.41, 5.74) is -28.9. The van der Waals surface area contributed by atoms with E-state index in [0.29, 0.717) is 16.5 Å². The number of para-hydroxylation sites is 1. The van der Waals surface area contributed by atoms with Gasteiger partial charge in [-0.15, -0.1) is 0 Å². The molecule has 0 aliphatic rings. The molecule has 0 aliphatic carbocycles. The predicted octanol–water partition coefficient (Wildman–Crippen LogP) is 14.1. The van der Waals surface area contributed by atoms with Gasteiger partial charge < -0.3 is 0 Å². The van der Waals surface area contributed by atoms with Crippen LogP contribution in [-0.4, -0.2) is 16.9 Å². The second kappa shape index (κ2) is 20.8. The minimum Gasteiger partial charge on any atom is -0.287 e. The Morgan fingerprint density at radius 3 is 0.924 bits per heavy atom. The van der Waals surface area contributed by atoms with Crippen LogP contribution in [0, 0.1) is 10.1 Å². The van der Waals surface area contributed by atoms with Crippen molar-refractivity contribution in [1.29, 1.82) is 0 Å². The highest BCUT2D eigenvalue weighted by atomic mass is 19.4. The summed E-state index contributed by atoms with van der Waals surface area (Å²) in [6.07, 6.45) is -53.2. The summed E-state index contributed by atoms with van der Waals surface area (Å²) in [6, 6.07) is 8.64. The van der Waals surface area contributed by atoms with Crippen LogP contribution in [0.3, 0.4) is 0 Å². The molecule has 0 N–H and O–H groups in total. The lowest BCUT2D eigenvalue weighted by molar-refractivity contribution is -0.657. The normalized spacial score (nSPS) is 13.3. The molecule has 5 nitrogen and oxygen atoms in total. The third kappa shape index (κ3) is 13.4. The van der Waals surface area contributed by atoms with Gasteiger partial charge in [0.2, 0.25) is 17.8 Å². The molecule has 1 heterocycles. The molecule has 0 amide bonds. The zero-order chi connectivity index (χ0) is 59.4. The van der Waals surface area contributed by atoms with E-state index in [0.717, 1.165) is 0 Å². The number of carbonyl (C=O) groups excluding carboxylic acids is 1. The van der Waals surface area contributed by atoms with E-state index in [4.69, 9.17) is 0 Å². The molecule has 0 fully saturated rings. The number of aromatic nitrogens is 1. The van der Waals surface area contributed by atoms with Crippen LogP contribution in [0.5, 0.6) is 0 Å². The average molecular weight is 1160 g/mol. The van der Waals surface area contributed by atoms with Crippen LogP contribution in [0.15, 0.2) is 140 Å². The highest BCUT2D eigenvalue weighted by Crippen LogP contribution is 2.41. The van der Waals surface area contributed by atoms with Gasteiger partial charge in [0.15, 0.2) is 6.20 Å². The number of Topliss-reactive ketones (excluding diaryl/α,β-unsaturated/α-hetero) is 1. The minimum absolute atomic E-state index is 0.0374. The first kappa shape index (κ1) is 60.4. The first-order valence-electron chi connectivity index (χ1n) is 21.4. The Morgan fingerprint density at radius 1 is 0.392 bits per heavy atom. The van der Waals surface area contributed by atoms with Gasteiger partial charge in [0, 0.05) is 11.6 Å². The third-order valence-electron chi connectivity index (χ3n) is 11.9. The van der Waals surface area contributed by atoms with Crippen molar-refractivity contribution in [2.75, 3.05) is 0 Å². The molecular weight excluding hydrogens is 1130 g/mol. The van der Waals surface area contributed by atoms with Crippen molar-refractivity contribution in [2.24, 2.45) is 0 Å². The third-order valence-corrected chi connectivity index (χ3v) is 11.9. The highest BCUT2D eigenvalue weighted by molar-refractivity contribution is 7.20. The van der Waals surface area contributed by atoms with Gasteiger partial charge in [-0.05, 0) is 30.3 Å². The number of nitrogens with zero attached hydrogens (tertiary/aromatic N) is 2. The maximum absolute atomic E-state index is 14.2. The average Bonchev–Trinajstić information content (AvgIpc) is 3.54. The number of alkyl halides is 24. The standard InChI is InChI=1S/C32H12BF24.C17H13N2O3/c34-25(35,36)13-1-14(26(37,38)39)6-21(5-13)33(22-7-15(27(40,41)42)2-16(8-22)28(43,44)45,23-9-17(29(46,47)48)3-18(10-23)30(49,50)51)24-11-19(31(52,53)54)4-20(12-24)32(55,56)57;20-17(13-6-2-1-3-7-13)12-18-11-10-16(19(21)22)14-8-4-5-9-15(14)18/h1-12H;1-11H,12H2/q-1;+1. The fraction of sp³-hybridized carbons (Fsp3) is 0.184. The predicted molar refractivity (Wildman–Crippen MR) is 232 cm³/mol. The number of halogens is 24. The van der Waals surface area contributed by atoms with Crippen molar-refractivity contribution < 1.29 is 120 Å². The topological polar surface area (TPSA) is 64.1 Å². The van der Waals surface area contributed by atoms with E-state index in [2.05, 4.69) is 0 Å². The van der Waals surface area contributed by atoms with Crippen LogP contribution in [0.1, 0.15) is 54.9 Å². The number of pyridine rings is 1. The number of carbonyl (C=O) groups is 1. The van der Waals surface area contributed by atoms with Crippen molar-refractivity contribution in [3.8, 4) is 0 Å². The number of fused-ring (bicyclic) bond motifs is 1. The summed E-state index contributed by atoms with van der Waals surface area (Å²) in [6.45, 7) is 0.141. The molecule has 0 bridgehead atoms. The molecule has 0 spiro atoms. The van der Waals surface area contributed by atoms with Crippen molar-refractivity contribution in [3.05, 3.63) is 200 Å². The number of hydrogen-bond acceptors (Lipinski definition) is 3. The molecule has 0 atom stereocenters. The van der Waals surface area contributed by atoms with Crippen LogP contribution in [0.2, 0.25) is 0 Å². The summed E-state index contributed by atoms with van der Waals surface area (Å²) in [7, 11) is 0. The summed E-state index contributed by atoms with van der Waals surface area (Å²) in [5.74, 6) is -0.0374. The minimum atomic E-state index is -6.13. The Bertz CT molecular complexity index is 2990. The summed E-state index contributed by atoms with van der Waals surface area (Å²) >= 11 is 0. The van der Waals surface area contributed by atoms with Crippen LogP contribution in [0.4, 0.5) is 111 Å². The highest BCUT2D eigenvalue weighted by Gasteiger charge is 2.47. The number of ketones is 1. The van der Waals surface area contributed by atoms with Gasteiger partial charge in [-0.3, -0.25) is 14.9 Å². The number of rotatable bonds is 8. The molecule has 79 heavy (non-hydrogen) atoms. The van der Waals surface area contributed by atoms with Gasteiger partial charge in [0.1, 0.15) is 11.5 Å². The molecule has 420 valence electrons. The quantitative estimate of drug-likeness (QED) is 0.0380. The van der Waals surface area contributed by atoms with Crippen LogP contribution < -0.4 is 26.4 Å². The second-order valence-corrected chi connectivity index (χ2v) is 17.1. The molecule has 7 aromatic rings. The molecule has 6 aromatic carbocycles.